The Labute approximate surface area is 199 Å². The minimum atomic E-state index is -0.270. The second kappa shape index (κ2) is 13.3. The molecule has 4 nitrogen and oxygen atoms in total. The van der Waals surface area contributed by atoms with E-state index in [-0.39, 0.29) is 17.7 Å². The number of Topliss-reactive ketones (excluding diaryl/α,β-unsaturated/α-hetero) is 1. The maximum absolute atomic E-state index is 14.5. The van der Waals surface area contributed by atoms with Crippen molar-refractivity contribution in [2.75, 3.05) is 24.7 Å². The van der Waals surface area contributed by atoms with Gasteiger partial charge in [-0.1, -0.05) is 53.7 Å². The number of rotatable bonds is 5. The number of ether oxygens (including phenoxy) is 2. The Bertz CT molecular complexity index is 877. The molecular formula is C28H40FNO3. The largest absolute Gasteiger partial charge is 0.489 e. The van der Waals surface area contributed by atoms with E-state index in [2.05, 4.69) is 13.8 Å². The Kier molecular flexibility index (Phi) is 10.9. The zero-order valence-electron chi connectivity index (χ0n) is 21.1. The number of carbonyl (C=O) groups excluding carboxylic acids is 1. The van der Waals surface area contributed by atoms with Crippen LogP contribution >= 0.6 is 0 Å². The predicted molar refractivity (Wildman–Crippen MR) is 134 cm³/mol. The van der Waals surface area contributed by atoms with Crippen LogP contribution in [-0.4, -0.2) is 31.6 Å². The molecule has 2 aliphatic heterocycles. The number of hydrogen-bond donors (Lipinski definition) is 0. The lowest BCUT2D eigenvalue weighted by atomic mass is 9.87. The minimum absolute atomic E-state index is 0.0805. The van der Waals surface area contributed by atoms with E-state index in [1.54, 1.807) is 12.1 Å². The smallest absolute Gasteiger partial charge is 0.170 e. The maximum atomic E-state index is 14.5. The molecule has 0 aliphatic carbocycles. The third-order valence-corrected chi connectivity index (χ3v) is 5.72. The first-order valence-electron chi connectivity index (χ1n) is 12.5. The number of nitrogens with zero attached hydrogens (tertiary/aromatic N) is 1. The van der Waals surface area contributed by atoms with E-state index in [0.717, 1.165) is 31.7 Å². The summed E-state index contributed by atoms with van der Waals surface area (Å²) in [5.74, 6) is 1.15. The molecule has 2 aromatic carbocycles. The molecule has 182 valence electrons. The number of carbonyl (C=O) groups is 1. The number of fused-ring (bicyclic) bond motifs is 1. The molecule has 4 rings (SSSR count). The summed E-state index contributed by atoms with van der Waals surface area (Å²) in [5, 5.41) is 0. The Hall–Kier alpha value is -2.40. The van der Waals surface area contributed by atoms with Crippen LogP contribution in [0.25, 0.3) is 0 Å². The van der Waals surface area contributed by atoms with Crippen LogP contribution in [0, 0.1) is 17.7 Å². The van der Waals surface area contributed by atoms with Crippen molar-refractivity contribution in [3.05, 3.63) is 53.8 Å². The zero-order valence-corrected chi connectivity index (χ0v) is 21.1. The van der Waals surface area contributed by atoms with Crippen molar-refractivity contribution in [2.45, 2.75) is 66.9 Å². The topological polar surface area (TPSA) is 38.8 Å². The summed E-state index contributed by atoms with van der Waals surface area (Å²) in [6.07, 6.45) is 2.18. The van der Waals surface area contributed by atoms with Gasteiger partial charge in [0.15, 0.2) is 5.78 Å². The lowest BCUT2D eigenvalue weighted by Crippen LogP contribution is -2.37. The second-order valence-electron chi connectivity index (χ2n) is 8.37. The molecule has 1 fully saturated rings. The van der Waals surface area contributed by atoms with Crippen LogP contribution in [0.2, 0.25) is 0 Å². The van der Waals surface area contributed by atoms with Crippen molar-refractivity contribution in [1.82, 2.24) is 0 Å². The van der Waals surface area contributed by atoms with E-state index in [9.17, 15) is 9.18 Å². The van der Waals surface area contributed by atoms with E-state index in [1.807, 2.05) is 56.9 Å². The van der Waals surface area contributed by atoms with Crippen molar-refractivity contribution in [2.24, 2.45) is 11.8 Å². The number of anilines is 2. The fourth-order valence-electron chi connectivity index (χ4n) is 4.23. The summed E-state index contributed by atoms with van der Waals surface area (Å²) in [5.41, 5.74) is 1.92. The van der Waals surface area contributed by atoms with E-state index in [0.29, 0.717) is 41.8 Å². The van der Waals surface area contributed by atoms with Crippen LogP contribution in [0.15, 0.2) is 42.5 Å². The Morgan fingerprint density at radius 3 is 2.33 bits per heavy atom. The van der Waals surface area contributed by atoms with Crippen molar-refractivity contribution >= 4 is 17.2 Å². The molecule has 0 saturated carbocycles. The predicted octanol–water partition coefficient (Wildman–Crippen LogP) is 7.43. The van der Waals surface area contributed by atoms with Crippen LogP contribution in [-0.2, 0) is 4.74 Å². The maximum Gasteiger partial charge on any atom is 0.170 e. The molecule has 2 aliphatic rings. The van der Waals surface area contributed by atoms with Gasteiger partial charge in [0.05, 0.1) is 11.3 Å². The fourth-order valence-corrected chi connectivity index (χ4v) is 4.23. The number of ketones is 1. The standard InChI is InChI=1S/C24H28FNO3.2C2H6/c1-16(2)15-26(21-6-4-3-5-20(21)25)18-7-8-23-19(13-18)22(27)14-24(29-23)17-9-11-28-12-10-17;2*1-2/h3-8,13,16-17,24H,9-12,14-15H2,1-2H3;2*1-2H3. The highest BCUT2D eigenvalue weighted by Gasteiger charge is 2.33. The number of hydrogen-bond acceptors (Lipinski definition) is 4. The molecule has 0 bridgehead atoms. The average Bonchev–Trinajstić information content (AvgIpc) is 2.86. The summed E-state index contributed by atoms with van der Waals surface area (Å²) in [7, 11) is 0. The van der Waals surface area contributed by atoms with Crippen molar-refractivity contribution < 1.29 is 18.7 Å². The molecule has 2 aromatic rings. The van der Waals surface area contributed by atoms with Gasteiger partial charge in [-0.15, -0.1) is 0 Å². The number of benzene rings is 2. The van der Waals surface area contributed by atoms with Gasteiger partial charge in [0.2, 0.25) is 0 Å². The van der Waals surface area contributed by atoms with Crippen LogP contribution in [0.4, 0.5) is 15.8 Å². The highest BCUT2D eigenvalue weighted by molar-refractivity contribution is 6.01. The third-order valence-electron chi connectivity index (χ3n) is 5.72. The van der Waals surface area contributed by atoms with Gasteiger partial charge < -0.3 is 14.4 Å². The summed E-state index contributed by atoms with van der Waals surface area (Å²) in [6, 6.07) is 12.4. The Balaban J connectivity index is 0.000000914. The van der Waals surface area contributed by atoms with E-state index < -0.39 is 0 Å². The van der Waals surface area contributed by atoms with Gasteiger partial charge in [-0.3, -0.25) is 4.79 Å². The fraction of sp³-hybridized carbons (Fsp3) is 0.536. The molecule has 0 spiro atoms. The van der Waals surface area contributed by atoms with Gasteiger partial charge in [-0.2, -0.15) is 0 Å². The van der Waals surface area contributed by atoms with Gasteiger partial charge >= 0.3 is 0 Å². The molecule has 0 N–H and O–H groups in total. The quantitative estimate of drug-likeness (QED) is 0.468. The van der Waals surface area contributed by atoms with Gasteiger partial charge in [0, 0.05) is 37.8 Å². The molecule has 0 aromatic heterocycles. The highest BCUT2D eigenvalue weighted by Crippen LogP contribution is 2.37. The minimum Gasteiger partial charge on any atom is -0.489 e. The lowest BCUT2D eigenvalue weighted by molar-refractivity contribution is 0.0120. The first-order valence-corrected chi connectivity index (χ1v) is 12.5. The molecule has 1 atom stereocenters. The van der Waals surface area contributed by atoms with Gasteiger partial charge in [-0.25, -0.2) is 4.39 Å². The van der Waals surface area contributed by atoms with E-state index in [4.69, 9.17) is 9.47 Å². The molecular weight excluding hydrogens is 417 g/mol. The van der Waals surface area contributed by atoms with Crippen LogP contribution in [0.5, 0.6) is 5.75 Å². The Morgan fingerprint density at radius 1 is 1.03 bits per heavy atom. The van der Waals surface area contributed by atoms with Crippen molar-refractivity contribution in [1.29, 1.82) is 0 Å². The molecule has 0 amide bonds. The van der Waals surface area contributed by atoms with Crippen LogP contribution in [0.1, 0.15) is 71.2 Å². The molecule has 33 heavy (non-hydrogen) atoms. The Morgan fingerprint density at radius 2 is 1.70 bits per heavy atom. The molecule has 5 heteroatoms. The lowest BCUT2D eigenvalue weighted by Gasteiger charge is -2.34. The highest BCUT2D eigenvalue weighted by atomic mass is 19.1. The third kappa shape index (κ3) is 6.80. The molecule has 0 radical (unpaired) electrons. The average molecular weight is 458 g/mol. The van der Waals surface area contributed by atoms with E-state index in [1.165, 1.54) is 6.07 Å². The summed E-state index contributed by atoms with van der Waals surface area (Å²) in [6.45, 7) is 14.3. The summed E-state index contributed by atoms with van der Waals surface area (Å²) >= 11 is 0. The molecule has 1 saturated heterocycles. The molecule has 2 heterocycles. The zero-order chi connectivity index (χ0) is 24.4. The number of para-hydroxylation sites is 1. The van der Waals surface area contributed by atoms with Gasteiger partial charge in [0.1, 0.15) is 17.7 Å². The normalized spacial score (nSPS) is 17.7. The molecule has 1 unspecified atom stereocenters. The summed E-state index contributed by atoms with van der Waals surface area (Å²) < 4.78 is 26.2. The van der Waals surface area contributed by atoms with Crippen molar-refractivity contribution in [3.8, 4) is 5.75 Å². The summed E-state index contributed by atoms with van der Waals surface area (Å²) in [4.78, 5) is 14.9. The van der Waals surface area contributed by atoms with Crippen LogP contribution < -0.4 is 9.64 Å². The number of halogens is 1. The van der Waals surface area contributed by atoms with E-state index >= 15 is 0 Å². The first kappa shape index (κ1) is 26.8. The SMILES string of the molecule is CC.CC.CC(C)CN(c1ccc2c(c1)C(=O)CC(C1CCOCC1)O2)c1ccccc1F. The monoisotopic (exact) mass is 457 g/mol. The van der Waals surface area contributed by atoms with Gasteiger partial charge in [-0.05, 0) is 49.1 Å². The van der Waals surface area contributed by atoms with Gasteiger partial charge in [0.25, 0.3) is 0 Å². The first-order chi connectivity index (χ1) is 16.0. The van der Waals surface area contributed by atoms with Crippen molar-refractivity contribution in [3.63, 3.8) is 0 Å². The van der Waals surface area contributed by atoms with Crippen LogP contribution in [0.3, 0.4) is 0 Å². The second-order valence-corrected chi connectivity index (χ2v) is 8.37.